The smallest absolute Gasteiger partial charge is 0.423 e. The van der Waals surface area contributed by atoms with E-state index in [4.69, 9.17) is 10.0 Å². The van der Waals surface area contributed by atoms with Gasteiger partial charge in [0.15, 0.2) is 0 Å². The molecule has 64 valence electrons. The highest BCUT2D eigenvalue weighted by atomic mass is 16.4. The van der Waals surface area contributed by atoms with Crippen LogP contribution in [0.15, 0.2) is 29.3 Å². The molecule has 0 aromatic heterocycles. The highest BCUT2D eigenvalue weighted by molar-refractivity contribution is 6.51. The van der Waals surface area contributed by atoms with Crippen molar-refractivity contribution < 1.29 is 20.3 Å². The minimum Gasteiger partial charge on any atom is -0.423 e. The number of rotatable bonds is 1. The minimum absolute atomic E-state index is 0. The summed E-state index contributed by atoms with van der Waals surface area (Å²) in [6.45, 7) is 0. The van der Waals surface area contributed by atoms with Crippen LogP contribution in [0.2, 0.25) is 0 Å². The zero-order chi connectivity index (χ0) is 8.27. The Hall–Kier alpha value is -1.13. The summed E-state index contributed by atoms with van der Waals surface area (Å²) in [6, 6.07) is 0. The third-order valence-electron chi connectivity index (χ3n) is 1.47. The van der Waals surface area contributed by atoms with Crippen molar-refractivity contribution in [2.75, 3.05) is 0 Å². The fourth-order valence-electron chi connectivity index (χ4n) is 0.873. The Bertz CT molecular complexity index is 261. The van der Waals surface area contributed by atoms with Crippen molar-refractivity contribution >= 4 is 13.1 Å². The van der Waals surface area contributed by atoms with Crippen molar-refractivity contribution in [3.63, 3.8) is 0 Å². The normalized spacial score (nSPS) is 14.5. The standard InChI is InChI=1S/C7H7BO3.H2O/c9-5-6-2-1-3-7(4-6)8(10)11;/h1-3,10-11H,4H2;1H2. The van der Waals surface area contributed by atoms with Crippen molar-refractivity contribution in [2.45, 2.75) is 6.42 Å². The highest BCUT2D eigenvalue weighted by Gasteiger charge is 2.16. The van der Waals surface area contributed by atoms with Crippen LogP contribution in [-0.4, -0.2) is 28.6 Å². The summed E-state index contributed by atoms with van der Waals surface area (Å²) >= 11 is 0. The fraction of sp³-hybridized carbons (Fsp3) is 0.143. The van der Waals surface area contributed by atoms with E-state index in [-0.39, 0.29) is 11.9 Å². The van der Waals surface area contributed by atoms with E-state index in [1.807, 2.05) is 0 Å². The molecule has 0 fully saturated rings. The number of allylic oxidation sites excluding steroid dienone is 5. The zero-order valence-electron chi connectivity index (χ0n) is 6.32. The molecular formula is C7H9BO4. The van der Waals surface area contributed by atoms with Gasteiger partial charge in [0.1, 0.15) is 5.94 Å². The first-order valence-electron chi connectivity index (χ1n) is 3.21. The van der Waals surface area contributed by atoms with E-state index in [1.165, 1.54) is 0 Å². The van der Waals surface area contributed by atoms with Gasteiger partial charge in [-0.15, -0.1) is 0 Å². The molecule has 0 saturated heterocycles. The lowest BCUT2D eigenvalue weighted by molar-refractivity contribution is 0.417. The van der Waals surface area contributed by atoms with Crippen LogP contribution in [0.5, 0.6) is 0 Å². The van der Waals surface area contributed by atoms with Gasteiger partial charge in [0.2, 0.25) is 0 Å². The Morgan fingerprint density at radius 3 is 2.67 bits per heavy atom. The quantitative estimate of drug-likeness (QED) is 0.381. The Morgan fingerprint density at radius 2 is 2.17 bits per heavy atom. The third-order valence-corrected chi connectivity index (χ3v) is 1.47. The molecule has 0 atom stereocenters. The summed E-state index contributed by atoms with van der Waals surface area (Å²) in [5, 5.41) is 17.4. The second-order valence-electron chi connectivity index (χ2n) is 2.28. The molecular weight excluding hydrogens is 159 g/mol. The Labute approximate surface area is 70.0 Å². The van der Waals surface area contributed by atoms with Gasteiger partial charge in [0.25, 0.3) is 0 Å². The van der Waals surface area contributed by atoms with E-state index >= 15 is 0 Å². The molecule has 0 saturated carbocycles. The van der Waals surface area contributed by atoms with E-state index in [0.29, 0.717) is 11.0 Å². The van der Waals surface area contributed by atoms with Crippen LogP contribution in [0.1, 0.15) is 6.42 Å². The van der Waals surface area contributed by atoms with Crippen LogP contribution < -0.4 is 0 Å². The molecule has 0 aliphatic heterocycles. The number of hydrogen-bond donors (Lipinski definition) is 2. The van der Waals surface area contributed by atoms with Gasteiger partial charge in [-0.25, -0.2) is 4.79 Å². The SMILES string of the molecule is O.O=C=C1C=CC=C(B(O)O)C1. The zero-order valence-corrected chi connectivity index (χ0v) is 6.32. The van der Waals surface area contributed by atoms with Crippen molar-refractivity contribution in [1.29, 1.82) is 0 Å². The third kappa shape index (κ3) is 2.49. The van der Waals surface area contributed by atoms with Gasteiger partial charge in [0, 0.05) is 12.0 Å². The highest BCUT2D eigenvalue weighted by Crippen LogP contribution is 2.15. The lowest BCUT2D eigenvalue weighted by Crippen LogP contribution is -2.16. The molecule has 1 aliphatic carbocycles. The average molecular weight is 168 g/mol. The molecule has 0 spiro atoms. The van der Waals surface area contributed by atoms with Crippen molar-refractivity contribution in [1.82, 2.24) is 0 Å². The number of hydrogen-bond acceptors (Lipinski definition) is 3. The van der Waals surface area contributed by atoms with Crippen LogP contribution in [0.3, 0.4) is 0 Å². The molecule has 0 bridgehead atoms. The van der Waals surface area contributed by atoms with Crippen LogP contribution in [0, 0.1) is 0 Å². The maximum absolute atomic E-state index is 10.1. The first kappa shape index (κ1) is 10.9. The minimum atomic E-state index is -1.47. The molecule has 0 radical (unpaired) electrons. The van der Waals surface area contributed by atoms with Crippen molar-refractivity contribution in [2.24, 2.45) is 0 Å². The fourth-order valence-corrected chi connectivity index (χ4v) is 0.873. The van der Waals surface area contributed by atoms with Gasteiger partial charge in [-0.3, -0.25) is 0 Å². The van der Waals surface area contributed by atoms with Crippen LogP contribution in [0.25, 0.3) is 0 Å². The van der Waals surface area contributed by atoms with E-state index < -0.39 is 7.12 Å². The molecule has 12 heavy (non-hydrogen) atoms. The summed E-state index contributed by atoms with van der Waals surface area (Å²) in [6.07, 6.45) is 5.04. The van der Waals surface area contributed by atoms with E-state index in [0.717, 1.165) is 0 Å². The van der Waals surface area contributed by atoms with E-state index in [2.05, 4.69) is 0 Å². The van der Waals surface area contributed by atoms with Gasteiger partial charge in [-0.1, -0.05) is 12.2 Å². The summed E-state index contributed by atoms with van der Waals surface area (Å²) in [5.41, 5.74) is 0.862. The van der Waals surface area contributed by atoms with Gasteiger partial charge >= 0.3 is 7.12 Å². The molecule has 0 aromatic rings. The Kier molecular flexibility index (Phi) is 4.25. The second-order valence-corrected chi connectivity index (χ2v) is 2.28. The molecule has 1 rings (SSSR count). The summed E-state index contributed by atoms with van der Waals surface area (Å²) < 4.78 is 0. The Balaban J connectivity index is 0.00000121. The first-order chi connectivity index (χ1) is 5.24. The predicted molar refractivity (Wildman–Crippen MR) is 44.9 cm³/mol. The van der Waals surface area contributed by atoms with Gasteiger partial charge in [-0.05, 0) is 11.5 Å². The van der Waals surface area contributed by atoms with Gasteiger partial charge < -0.3 is 15.5 Å². The molecule has 4 N–H and O–H groups in total. The van der Waals surface area contributed by atoms with E-state index in [1.54, 1.807) is 24.2 Å². The van der Waals surface area contributed by atoms with Gasteiger partial charge in [-0.2, -0.15) is 0 Å². The summed E-state index contributed by atoms with van der Waals surface area (Å²) in [4.78, 5) is 10.1. The molecule has 1 aliphatic rings. The second kappa shape index (κ2) is 4.69. The largest absolute Gasteiger partial charge is 0.484 e. The number of carbonyl (C=O) groups excluding carboxylic acids is 1. The van der Waals surface area contributed by atoms with Crippen molar-refractivity contribution in [3.8, 4) is 0 Å². The predicted octanol–water partition coefficient (Wildman–Crippen LogP) is -1.18. The first-order valence-corrected chi connectivity index (χ1v) is 3.21. The molecule has 0 aromatic carbocycles. The van der Waals surface area contributed by atoms with Gasteiger partial charge in [0.05, 0.1) is 0 Å². The average Bonchev–Trinajstić information content (AvgIpc) is 2.05. The van der Waals surface area contributed by atoms with Crippen LogP contribution in [0.4, 0.5) is 0 Å². The summed E-state index contributed by atoms with van der Waals surface area (Å²) in [7, 11) is -1.47. The molecule has 0 heterocycles. The lowest BCUT2D eigenvalue weighted by Gasteiger charge is -2.06. The van der Waals surface area contributed by atoms with Crippen LogP contribution >= 0.6 is 0 Å². The lowest BCUT2D eigenvalue weighted by atomic mass is 9.74. The van der Waals surface area contributed by atoms with Crippen molar-refractivity contribution in [3.05, 3.63) is 29.3 Å². The Morgan fingerprint density at radius 1 is 1.50 bits per heavy atom. The monoisotopic (exact) mass is 168 g/mol. The van der Waals surface area contributed by atoms with E-state index in [9.17, 15) is 4.79 Å². The molecule has 4 nitrogen and oxygen atoms in total. The molecule has 0 amide bonds. The maximum atomic E-state index is 10.1. The molecule has 5 heteroatoms. The maximum Gasteiger partial charge on any atom is 0.484 e. The van der Waals surface area contributed by atoms with Crippen LogP contribution in [-0.2, 0) is 4.79 Å². The molecule has 0 unspecified atom stereocenters. The topological polar surface area (TPSA) is 89.0 Å². The summed E-state index contributed by atoms with van der Waals surface area (Å²) in [5.74, 6) is 1.71.